The minimum Gasteiger partial charge on any atom is -0.311 e. The molecule has 0 fully saturated rings. The second-order valence-corrected chi connectivity index (χ2v) is 7.54. The van der Waals surface area contributed by atoms with Gasteiger partial charge in [-0.15, -0.1) is 0 Å². The lowest BCUT2D eigenvalue weighted by Crippen LogP contribution is -2.39. The molecule has 3 aromatic heterocycles. The summed E-state index contributed by atoms with van der Waals surface area (Å²) in [5, 5.41) is 0. The fourth-order valence-corrected chi connectivity index (χ4v) is 3.92. The lowest BCUT2D eigenvalue weighted by atomic mass is 10.2. The van der Waals surface area contributed by atoms with Crippen molar-refractivity contribution >= 4 is 16.9 Å². The number of hydrogen-bond acceptors (Lipinski definition) is 3. The Morgan fingerprint density at radius 1 is 1.14 bits per heavy atom. The highest BCUT2D eigenvalue weighted by atomic mass is 19.1. The van der Waals surface area contributed by atoms with E-state index in [0.29, 0.717) is 16.9 Å². The van der Waals surface area contributed by atoms with Crippen LogP contribution in [0.2, 0.25) is 0 Å². The lowest BCUT2D eigenvalue weighted by Gasteiger charge is -2.13. The van der Waals surface area contributed by atoms with Crippen LogP contribution >= 0.6 is 0 Å². The number of nitrogens with zero attached hydrogens (tertiary/aromatic N) is 5. The molecule has 4 aromatic rings. The van der Waals surface area contributed by atoms with Crippen molar-refractivity contribution in [3.05, 3.63) is 67.9 Å². The molecule has 0 saturated carbocycles. The normalized spacial score (nSPS) is 12.9. The average molecular weight is 397 g/mol. The molecule has 0 radical (unpaired) electrons. The van der Waals surface area contributed by atoms with Gasteiger partial charge in [0.25, 0.3) is 5.56 Å². The van der Waals surface area contributed by atoms with E-state index in [9.17, 15) is 14.0 Å². The summed E-state index contributed by atoms with van der Waals surface area (Å²) >= 11 is 0. The van der Waals surface area contributed by atoms with Gasteiger partial charge >= 0.3 is 5.69 Å². The van der Waals surface area contributed by atoms with E-state index >= 15 is 0 Å². The second-order valence-electron chi connectivity index (χ2n) is 7.54. The third kappa shape index (κ3) is 2.66. The number of rotatable bonds is 4. The van der Waals surface area contributed by atoms with Crippen molar-refractivity contribution in [2.24, 2.45) is 7.05 Å². The first-order chi connectivity index (χ1) is 13.8. The minimum absolute atomic E-state index is 0.133. The fourth-order valence-electron chi connectivity index (χ4n) is 3.92. The first-order valence-electron chi connectivity index (χ1n) is 9.70. The third-order valence-electron chi connectivity index (χ3n) is 5.88. The highest BCUT2D eigenvalue weighted by Crippen LogP contribution is 2.25. The summed E-state index contributed by atoms with van der Waals surface area (Å²) in [7, 11) is 1.59. The molecule has 29 heavy (non-hydrogen) atoms. The van der Waals surface area contributed by atoms with E-state index in [2.05, 4.69) is 23.4 Å². The Labute approximate surface area is 166 Å². The summed E-state index contributed by atoms with van der Waals surface area (Å²) in [5.74, 6) is 0.190. The number of halogens is 1. The van der Waals surface area contributed by atoms with Crippen LogP contribution in [0, 0.1) is 19.7 Å². The van der Waals surface area contributed by atoms with Gasteiger partial charge in [0.05, 0.1) is 6.54 Å². The Morgan fingerprint density at radius 2 is 1.83 bits per heavy atom. The number of hydrogen-bond donors (Lipinski definition) is 0. The molecule has 7 nitrogen and oxygen atoms in total. The molecule has 0 aliphatic rings. The molecular formula is C21H24FN5O2. The average Bonchev–Trinajstić information content (AvgIpc) is 3.20. The fraction of sp³-hybridized carbons (Fsp3) is 0.381. The highest BCUT2D eigenvalue weighted by Gasteiger charge is 2.24. The second kappa shape index (κ2) is 6.72. The first-order valence-corrected chi connectivity index (χ1v) is 9.70. The summed E-state index contributed by atoms with van der Waals surface area (Å²) in [6.07, 6.45) is 0.907. The summed E-state index contributed by atoms with van der Waals surface area (Å²) in [6, 6.07) is 6.35. The Morgan fingerprint density at radius 3 is 2.48 bits per heavy atom. The molecule has 0 aliphatic carbocycles. The Hall–Kier alpha value is -3.16. The summed E-state index contributed by atoms with van der Waals surface area (Å²) in [4.78, 5) is 30.9. The SMILES string of the molecule is CC[C@H](C)n1c(C)c(C)n2c3c(=O)n(Cc4ccccc4F)c(=O)n(C)c3nc12. The van der Waals surface area contributed by atoms with Gasteiger partial charge in [-0.2, -0.15) is 4.98 Å². The zero-order chi connectivity index (χ0) is 21.0. The van der Waals surface area contributed by atoms with Crippen LogP contribution in [0.25, 0.3) is 16.9 Å². The van der Waals surface area contributed by atoms with Gasteiger partial charge in [-0.1, -0.05) is 25.1 Å². The largest absolute Gasteiger partial charge is 0.332 e. The van der Waals surface area contributed by atoms with Gasteiger partial charge < -0.3 is 4.57 Å². The van der Waals surface area contributed by atoms with Crippen LogP contribution in [0.5, 0.6) is 0 Å². The Kier molecular flexibility index (Phi) is 4.44. The van der Waals surface area contributed by atoms with Crippen LogP contribution in [0.1, 0.15) is 43.3 Å². The molecule has 152 valence electrons. The Bertz CT molecular complexity index is 1370. The van der Waals surface area contributed by atoms with Crippen molar-refractivity contribution in [2.45, 2.75) is 46.7 Å². The number of imidazole rings is 2. The van der Waals surface area contributed by atoms with Crippen molar-refractivity contribution in [3.63, 3.8) is 0 Å². The van der Waals surface area contributed by atoms with Gasteiger partial charge in [-0.3, -0.25) is 18.3 Å². The maximum absolute atomic E-state index is 14.1. The summed E-state index contributed by atoms with van der Waals surface area (Å²) in [5.41, 5.74) is 1.89. The van der Waals surface area contributed by atoms with E-state index in [0.717, 1.165) is 22.4 Å². The predicted octanol–water partition coefficient (Wildman–Crippen LogP) is 2.92. The molecule has 0 amide bonds. The first kappa shape index (κ1) is 19.2. The van der Waals surface area contributed by atoms with Crippen molar-refractivity contribution < 1.29 is 4.39 Å². The van der Waals surface area contributed by atoms with E-state index in [1.54, 1.807) is 25.2 Å². The van der Waals surface area contributed by atoms with Crippen molar-refractivity contribution in [1.82, 2.24) is 23.1 Å². The van der Waals surface area contributed by atoms with E-state index in [1.807, 2.05) is 18.2 Å². The van der Waals surface area contributed by atoms with Crippen LogP contribution in [-0.4, -0.2) is 23.1 Å². The summed E-state index contributed by atoms with van der Waals surface area (Å²) < 4.78 is 20.5. The predicted molar refractivity (Wildman–Crippen MR) is 110 cm³/mol. The van der Waals surface area contributed by atoms with Crippen molar-refractivity contribution in [1.29, 1.82) is 0 Å². The summed E-state index contributed by atoms with van der Waals surface area (Å²) in [6.45, 7) is 8.00. The molecule has 0 N–H and O–H groups in total. The van der Waals surface area contributed by atoms with Crippen LogP contribution in [0.4, 0.5) is 4.39 Å². The number of aryl methyl sites for hydroxylation is 2. The molecule has 0 aliphatic heterocycles. The van der Waals surface area contributed by atoms with Crippen LogP contribution < -0.4 is 11.2 Å². The van der Waals surface area contributed by atoms with Crippen LogP contribution in [0.3, 0.4) is 0 Å². The van der Waals surface area contributed by atoms with Gasteiger partial charge in [0.15, 0.2) is 11.2 Å². The maximum Gasteiger partial charge on any atom is 0.332 e. The molecule has 1 atom stereocenters. The van der Waals surface area contributed by atoms with Gasteiger partial charge in [0.1, 0.15) is 5.82 Å². The number of aromatic nitrogens is 5. The molecule has 0 spiro atoms. The van der Waals surface area contributed by atoms with Gasteiger partial charge in [0.2, 0.25) is 5.78 Å². The van der Waals surface area contributed by atoms with E-state index in [-0.39, 0.29) is 18.2 Å². The quantitative estimate of drug-likeness (QED) is 0.532. The minimum atomic E-state index is -0.518. The van der Waals surface area contributed by atoms with E-state index in [1.165, 1.54) is 10.6 Å². The van der Waals surface area contributed by atoms with Crippen molar-refractivity contribution in [3.8, 4) is 0 Å². The monoisotopic (exact) mass is 397 g/mol. The van der Waals surface area contributed by atoms with E-state index in [4.69, 9.17) is 0 Å². The molecule has 0 bridgehead atoms. The van der Waals surface area contributed by atoms with Crippen molar-refractivity contribution in [2.75, 3.05) is 0 Å². The smallest absolute Gasteiger partial charge is 0.311 e. The van der Waals surface area contributed by atoms with Gasteiger partial charge in [-0.25, -0.2) is 9.18 Å². The molecule has 0 unspecified atom stereocenters. The molecular weight excluding hydrogens is 373 g/mol. The van der Waals surface area contributed by atoms with Crippen LogP contribution in [0.15, 0.2) is 33.9 Å². The highest BCUT2D eigenvalue weighted by molar-refractivity contribution is 5.76. The number of benzene rings is 1. The third-order valence-corrected chi connectivity index (χ3v) is 5.88. The Balaban J connectivity index is 2.09. The standard InChI is InChI=1S/C21H24FN5O2/c1-6-12(2)26-13(3)14(4)27-17-18(23-20(26)27)24(5)21(29)25(19(17)28)11-15-9-7-8-10-16(15)22/h7-10,12H,6,11H2,1-5H3/t12-/m0/s1. The molecule has 1 aromatic carbocycles. The van der Waals surface area contributed by atoms with Gasteiger partial charge in [-0.05, 0) is 33.3 Å². The molecule has 8 heteroatoms. The molecule has 0 saturated heterocycles. The molecule has 4 rings (SSSR count). The van der Waals surface area contributed by atoms with Crippen LogP contribution in [-0.2, 0) is 13.6 Å². The maximum atomic E-state index is 14.1. The van der Waals surface area contributed by atoms with E-state index < -0.39 is 17.1 Å². The zero-order valence-electron chi connectivity index (χ0n) is 17.2. The number of fused-ring (bicyclic) bond motifs is 3. The van der Waals surface area contributed by atoms with Gasteiger partial charge in [0, 0.05) is 30.0 Å². The lowest BCUT2D eigenvalue weighted by molar-refractivity contribution is 0.532. The zero-order valence-corrected chi connectivity index (χ0v) is 17.2. The molecule has 3 heterocycles. The topological polar surface area (TPSA) is 66.2 Å².